The van der Waals surface area contributed by atoms with Gasteiger partial charge in [0.1, 0.15) is 0 Å². The Balaban J connectivity index is 2.43. The van der Waals surface area contributed by atoms with Crippen molar-refractivity contribution >= 4 is 17.6 Å². The van der Waals surface area contributed by atoms with E-state index in [0.717, 1.165) is 18.4 Å². The molecule has 0 unspecified atom stereocenters. The van der Waals surface area contributed by atoms with Crippen LogP contribution >= 0.6 is 11.6 Å². The minimum atomic E-state index is -0.195. The molecular formula is C16H25ClN2O2. The topological polar surface area (TPSA) is 61.4 Å². The summed E-state index contributed by atoms with van der Waals surface area (Å²) in [5.41, 5.74) is 0.938. The number of amides is 2. The molecule has 3 N–H and O–H groups in total. The summed E-state index contributed by atoms with van der Waals surface area (Å²) >= 11 is 5.90. The number of hydrogen-bond donors (Lipinski definition) is 3. The van der Waals surface area contributed by atoms with E-state index >= 15 is 0 Å². The minimum Gasteiger partial charge on any atom is -0.396 e. The number of hydrogen-bond acceptors (Lipinski definition) is 2. The summed E-state index contributed by atoms with van der Waals surface area (Å²) in [5.74, 6) is 0. The van der Waals surface area contributed by atoms with E-state index in [1.54, 1.807) is 6.07 Å². The van der Waals surface area contributed by atoms with Crippen LogP contribution in [-0.2, 0) is 6.54 Å². The first-order chi connectivity index (χ1) is 10.0. The molecule has 1 rings (SSSR count). The Morgan fingerprint density at radius 1 is 1.29 bits per heavy atom. The van der Waals surface area contributed by atoms with E-state index in [4.69, 9.17) is 16.7 Å². The van der Waals surface area contributed by atoms with Crippen LogP contribution in [0.25, 0.3) is 0 Å². The normalized spacial score (nSPS) is 11.2. The maximum Gasteiger partial charge on any atom is 0.315 e. The van der Waals surface area contributed by atoms with Crippen molar-refractivity contribution in [3.05, 3.63) is 34.9 Å². The Kier molecular flexibility index (Phi) is 7.54. The fourth-order valence-corrected chi connectivity index (χ4v) is 2.55. The van der Waals surface area contributed by atoms with Crippen molar-refractivity contribution < 1.29 is 9.90 Å². The summed E-state index contributed by atoms with van der Waals surface area (Å²) in [6, 6.07) is 7.21. The third-order valence-electron chi connectivity index (χ3n) is 4.11. The van der Waals surface area contributed by atoms with Crippen LogP contribution in [0.2, 0.25) is 5.02 Å². The monoisotopic (exact) mass is 312 g/mol. The lowest BCUT2D eigenvalue weighted by Crippen LogP contribution is -2.42. The number of nitrogens with one attached hydrogen (secondary N) is 2. The van der Waals surface area contributed by atoms with Crippen molar-refractivity contribution in [2.24, 2.45) is 5.41 Å². The van der Waals surface area contributed by atoms with Gasteiger partial charge in [-0.15, -0.1) is 0 Å². The van der Waals surface area contributed by atoms with Gasteiger partial charge in [0.05, 0.1) is 0 Å². The van der Waals surface area contributed by atoms with Crippen LogP contribution in [0.4, 0.5) is 4.79 Å². The fourth-order valence-electron chi connectivity index (χ4n) is 2.34. The van der Waals surface area contributed by atoms with Crippen LogP contribution in [-0.4, -0.2) is 24.3 Å². The minimum absolute atomic E-state index is 0.0256. The van der Waals surface area contributed by atoms with Crippen LogP contribution in [0.15, 0.2) is 24.3 Å². The number of carbonyl (C=O) groups is 1. The summed E-state index contributed by atoms with van der Waals surface area (Å²) in [7, 11) is 0. The average Bonchev–Trinajstić information content (AvgIpc) is 2.49. The highest BCUT2D eigenvalue weighted by molar-refractivity contribution is 6.30. The van der Waals surface area contributed by atoms with Gasteiger partial charge in [-0.25, -0.2) is 4.79 Å². The molecule has 5 heteroatoms. The second-order valence-electron chi connectivity index (χ2n) is 5.35. The number of carbonyl (C=O) groups excluding carboxylic acids is 1. The van der Waals surface area contributed by atoms with Crippen LogP contribution in [0.5, 0.6) is 0 Å². The number of urea groups is 1. The third-order valence-corrected chi connectivity index (χ3v) is 4.34. The van der Waals surface area contributed by atoms with Gasteiger partial charge in [-0.3, -0.25) is 0 Å². The standard InChI is InChI=1S/C16H25ClN2O2/c1-3-16(4-2,8-9-20)12-19-15(21)18-11-13-6-5-7-14(17)10-13/h5-7,10,20H,3-4,8-9,11-12H2,1-2H3,(H2,18,19,21). The summed E-state index contributed by atoms with van der Waals surface area (Å²) in [4.78, 5) is 11.9. The molecule has 0 heterocycles. The molecule has 0 atom stereocenters. The van der Waals surface area contributed by atoms with Crippen molar-refractivity contribution in [3.8, 4) is 0 Å². The maximum absolute atomic E-state index is 11.9. The number of rotatable bonds is 8. The zero-order valence-electron chi connectivity index (χ0n) is 12.8. The second-order valence-corrected chi connectivity index (χ2v) is 5.78. The van der Waals surface area contributed by atoms with Gasteiger partial charge < -0.3 is 15.7 Å². The molecule has 2 amide bonds. The fraction of sp³-hybridized carbons (Fsp3) is 0.562. The molecule has 1 aromatic rings. The molecule has 0 aromatic heterocycles. The lowest BCUT2D eigenvalue weighted by atomic mass is 9.79. The Hall–Kier alpha value is -1.26. The van der Waals surface area contributed by atoms with Gasteiger partial charge >= 0.3 is 6.03 Å². The molecule has 0 fully saturated rings. The summed E-state index contributed by atoms with van der Waals surface area (Å²) in [5, 5.41) is 15.5. The van der Waals surface area contributed by atoms with Crippen molar-refractivity contribution in [1.29, 1.82) is 0 Å². The summed E-state index contributed by atoms with van der Waals surface area (Å²) < 4.78 is 0. The molecule has 0 bridgehead atoms. The molecule has 0 saturated heterocycles. The largest absolute Gasteiger partial charge is 0.396 e. The van der Waals surface area contributed by atoms with E-state index in [1.165, 1.54) is 0 Å². The van der Waals surface area contributed by atoms with Gasteiger partial charge in [-0.1, -0.05) is 37.6 Å². The van der Waals surface area contributed by atoms with E-state index in [2.05, 4.69) is 24.5 Å². The van der Waals surface area contributed by atoms with Crippen LogP contribution < -0.4 is 10.6 Å². The number of halogens is 1. The molecule has 118 valence electrons. The predicted octanol–water partition coefficient (Wildman–Crippen LogP) is 3.33. The van der Waals surface area contributed by atoms with Gasteiger partial charge in [0.2, 0.25) is 0 Å². The zero-order valence-corrected chi connectivity index (χ0v) is 13.5. The van der Waals surface area contributed by atoms with E-state index in [-0.39, 0.29) is 18.1 Å². The number of aliphatic hydroxyl groups excluding tert-OH is 1. The van der Waals surface area contributed by atoms with E-state index in [0.29, 0.717) is 24.5 Å². The van der Waals surface area contributed by atoms with Crippen molar-refractivity contribution in [2.45, 2.75) is 39.7 Å². The zero-order chi connectivity index (χ0) is 15.7. The van der Waals surface area contributed by atoms with Gasteiger partial charge in [-0.2, -0.15) is 0 Å². The average molecular weight is 313 g/mol. The first-order valence-corrected chi connectivity index (χ1v) is 7.80. The number of benzene rings is 1. The molecule has 21 heavy (non-hydrogen) atoms. The van der Waals surface area contributed by atoms with Gasteiger partial charge in [0.25, 0.3) is 0 Å². The lowest BCUT2D eigenvalue weighted by Gasteiger charge is -2.31. The van der Waals surface area contributed by atoms with Crippen LogP contribution in [0, 0.1) is 5.41 Å². The molecule has 0 aliphatic heterocycles. The lowest BCUT2D eigenvalue weighted by molar-refractivity contribution is 0.163. The van der Waals surface area contributed by atoms with E-state index in [9.17, 15) is 4.79 Å². The molecule has 0 spiro atoms. The predicted molar refractivity (Wildman–Crippen MR) is 86.4 cm³/mol. The van der Waals surface area contributed by atoms with Crippen molar-refractivity contribution in [2.75, 3.05) is 13.2 Å². The molecule has 0 saturated carbocycles. The quantitative estimate of drug-likeness (QED) is 0.689. The van der Waals surface area contributed by atoms with Crippen molar-refractivity contribution in [3.63, 3.8) is 0 Å². The molecule has 0 aliphatic carbocycles. The summed E-state index contributed by atoms with van der Waals surface area (Å²) in [6.07, 6.45) is 2.56. The molecule has 1 aromatic carbocycles. The third kappa shape index (κ3) is 5.94. The smallest absolute Gasteiger partial charge is 0.315 e. The summed E-state index contributed by atoms with van der Waals surface area (Å²) in [6.45, 7) is 5.34. The maximum atomic E-state index is 11.9. The molecule has 0 aliphatic rings. The van der Waals surface area contributed by atoms with Gasteiger partial charge in [0, 0.05) is 24.7 Å². The Morgan fingerprint density at radius 2 is 2.00 bits per heavy atom. The van der Waals surface area contributed by atoms with Crippen molar-refractivity contribution in [1.82, 2.24) is 10.6 Å². The second kappa shape index (κ2) is 8.90. The highest BCUT2D eigenvalue weighted by Crippen LogP contribution is 2.29. The Bertz CT molecular complexity index is 448. The van der Waals surface area contributed by atoms with Crippen LogP contribution in [0.3, 0.4) is 0 Å². The molecular weight excluding hydrogens is 288 g/mol. The van der Waals surface area contributed by atoms with E-state index in [1.807, 2.05) is 18.2 Å². The first kappa shape index (κ1) is 17.8. The highest BCUT2D eigenvalue weighted by Gasteiger charge is 2.25. The van der Waals surface area contributed by atoms with Crippen LogP contribution in [0.1, 0.15) is 38.7 Å². The van der Waals surface area contributed by atoms with Gasteiger partial charge in [0.15, 0.2) is 0 Å². The molecule has 4 nitrogen and oxygen atoms in total. The Labute approximate surface area is 131 Å². The van der Waals surface area contributed by atoms with Gasteiger partial charge in [-0.05, 0) is 42.4 Å². The first-order valence-electron chi connectivity index (χ1n) is 7.42. The molecule has 0 radical (unpaired) electrons. The SMILES string of the molecule is CCC(CC)(CCO)CNC(=O)NCc1cccc(Cl)c1. The highest BCUT2D eigenvalue weighted by atomic mass is 35.5. The Morgan fingerprint density at radius 3 is 2.57 bits per heavy atom. The number of aliphatic hydroxyl groups is 1. The van der Waals surface area contributed by atoms with E-state index < -0.39 is 0 Å².